The molecule has 21 heavy (non-hydrogen) atoms. The number of amides is 1. The summed E-state index contributed by atoms with van der Waals surface area (Å²) in [5, 5.41) is 5.08. The maximum atomic E-state index is 11.0. The minimum absolute atomic E-state index is 0.271. The third-order valence-electron chi connectivity index (χ3n) is 3.31. The number of carbonyl (C=O) groups excluding carboxylic acids is 1. The molecule has 0 spiro atoms. The fourth-order valence-electron chi connectivity index (χ4n) is 2.25. The number of hydrogen-bond donors (Lipinski definition) is 1. The number of nitrogens with two attached hydrogens (primary N) is 1. The van der Waals surface area contributed by atoms with Gasteiger partial charge in [0.05, 0.1) is 19.0 Å². The number of methoxy groups -OCH3 is 1. The number of aromatic nitrogens is 4. The highest BCUT2D eigenvalue weighted by Gasteiger charge is 2.08. The third kappa shape index (κ3) is 2.45. The Bertz CT molecular complexity index is 790. The quantitative estimate of drug-likeness (QED) is 0.758. The van der Waals surface area contributed by atoms with Crippen LogP contribution in [-0.2, 0) is 13.1 Å². The highest BCUT2D eigenvalue weighted by Crippen LogP contribution is 2.24. The van der Waals surface area contributed by atoms with Crippen molar-refractivity contribution in [1.82, 2.24) is 19.3 Å². The van der Waals surface area contributed by atoms with E-state index in [1.165, 1.54) is 0 Å². The fourth-order valence-corrected chi connectivity index (χ4v) is 2.25. The van der Waals surface area contributed by atoms with Crippen LogP contribution in [0.15, 0.2) is 36.8 Å². The largest absolute Gasteiger partial charge is 0.496 e. The number of pyridine rings is 1. The molecule has 3 aromatic heterocycles. The number of fused-ring (bicyclic) bond motifs is 1. The van der Waals surface area contributed by atoms with Gasteiger partial charge in [-0.15, -0.1) is 0 Å². The second-order valence-electron chi connectivity index (χ2n) is 4.59. The molecule has 0 aliphatic carbocycles. The maximum Gasteiger partial charge on any atom is 0.269 e. The van der Waals surface area contributed by atoms with Crippen LogP contribution >= 0.6 is 0 Å². The highest BCUT2D eigenvalue weighted by molar-refractivity contribution is 5.90. The molecule has 0 radical (unpaired) electrons. The van der Waals surface area contributed by atoms with Crippen molar-refractivity contribution < 1.29 is 9.53 Å². The summed E-state index contributed by atoms with van der Waals surface area (Å²) in [4.78, 5) is 15.4. The van der Waals surface area contributed by atoms with E-state index in [4.69, 9.17) is 10.5 Å². The lowest BCUT2D eigenvalue weighted by molar-refractivity contribution is 0.0994. The summed E-state index contributed by atoms with van der Waals surface area (Å²) >= 11 is 0. The van der Waals surface area contributed by atoms with Crippen molar-refractivity contribution >= 4 is 16.9 Å². The van der Waals surface area contributed by atoms with Crippen molar-refractivity contribution in [2.75, 3.05) is 7.11 Å². The van der Waals surface area contributed by atoms with Gasteiger partial charge in [-0.05, 0) is 18.2 Å². The van der Waals surface area contributed by atoms with E-state index in [0.29, 0.717) is 13.1 Å². The second-order valence-corrected chi connectivity index (χ2v) is 4.59. The predicted octanol–water partition coefficient (Wildman–Crippen LogP) is 1.04. The number of ether oxygens (including phenoxy) is 1. The van der Waals surface area contributed by atoms with E-state index < -0.39 is 5.91 Å². The van der Waals surface area contributed by atoms with Crippen LogP contribution in [0.3, 0.4) is 0 Å². The first-order chi connectivity index (χ1) is 10.2. The first-order valence-corrected chi connectivity index (χ1v) is 6.50. The molecule has 108 valence electrons. The van der Waals surface area contributed by atoms with E-state index in [1.807, 2.05) is 22.9 Å². The molecule has 0 aliphatic heterocycles. The molecule has 1 amide bonds. The number of rotatable bonds is 5. The van der Waals surface area contributed by atoms with Gasteiger partial charge in [-0.2, -0.15) is 5.10 Å². The van der Waals surface area contributed by atoms with Crippen LogP contribution in [0, 0.1) is 0 Å². The van der Waals surface area contributed by atoms with Crippen LogP contribution in [0.2, 0.25) is 0 Å². The first kappa shape index (κ1) is 13.2. The molecular formula is C14H15N5O2. The monoisotopic (exact) mass is 285 g/mol. The lowest BCUT2D eigenvalue weighted by Crippen LogP contribution is -2.13. The van der Waals surface area contributed by atoms with E-state index in [1.54, 1.807) is 30.3 Å². The SMILES string of the molecule is COc1ccnc2c1ccn2CCn1ccc(C(N)=O)n1. The van der Waals surface area contributed by atoms with Crippen molar-refractivity contribution in [3.05, 3.63) is 42.5 Å². The molecular weight excluding hydrogens is 270 g/mol. The summed E-state index contributed by atoms with van der Waals surface area (Å²) in [5.74, 6) is 0.278. The molecule has 0 fully saturated rings. The summed E-state index contributed by atoms with van der Waals surface area (Å²) in [6.45, 7) is 1.31. The predicted molar refractivity (Wildman–Crippen MR) is 77.0 cm³/mol. The lowest BCUT2D eigenvalue weighted by atomic mass is 10.3. The molecule has 2 N–H and O–H groups in total. The first-order valence-electron chi connectivity index (χ1n) is 6.50. The topological polar surface area (TPSA) is 88.0 Å². The van der Waals surface area contributed by atoms with E-state index >= 15 is 0 Å². The Morgan fingerprint density at radius 2 is 2.14 bits per heavy atom. The molecule has 3 aromatic rings. The average Bonchev–Trinajstić information content (AvgIpc) is 3.11. The summed E-state index contributed by atoms with van der Waals surface area (Å²) in [7, 11) is 1.64. The Labute approximate surface area is 120 Å². The smallest absolute Gasteiger partial charge is 0.269 e. The molecule has 0 saturated heterocycles. The highest BCUT2D eigenvalue weighted by atomic mass is 16.5. The molecule has 3 heterocycles. The van der Waals surface area contributed by atoms with Gasteiger partial charge in [-0.1, -0.05) is 0 Å². The minimum Gasteiger partial charge on any atom is -0.496 e. The van der Waals surface area contributed by atoms with Gasteiger partial charge < -0.3 is 15.0 Å². The number of aryl methyl sites for hydroxylation is 2. The van der Waals surface area contributed by atoms with E-state index in [0.717, 1.165) is 16.8 Å². The van der Waals surface area contributed by atoms with E-state index in [-0.39, 0.29) is 5.69 Å². The van der Waals surface area contributed by atoms with Crippen molar-refractivity contribution in [1.29, 1.82) is 0 Å². The Balaban J connectivity index is 1.80. The number of primary amides is 1. The zero-order valence-corrected chi connectivity index (χ0v) is 11.6. The maximum absolute atomic E-state index is 11.0. The van der Waals surface area contributed by atoms with Gasteiger partial charge in [0.15, 0.2) is 0 Å². The van der Waals surface area contributed by atoms with Gasteiger partial charge in [-0.25, -0.2) is 4.98 Å². The van der Waals surface area contributed by atoms with Crippen LogP contribution in [0.4, 0.5) is 0 Å². The van der Waals surface area contributed by atoms with Crippen LogP contribution in [-0.4, -0.2) is 32.3 Å². The average molecular weight is 285 g/mol. The molecule has 7 nitrogen and oxygen atoms in total. The molecule has 0 atom stereocenters. The molecule has 0 aromatic carbocycles. The normalized spacial score (nSPS) is 10.9. The summed E-state index contributed by atoms with van der Waals surface area (Å²) in [6.07, 6.45) is 5.41. The Kier molecular flexibility index (Phi) is 3.31. The molecule has 0 aliphatic rings. The van der Waals surface area contributed by atoms with Gasteiger partial charge in [0.2, 0.25) is 0 Å². The van der Waals surface area contributed by atoms with Gasteiger partial charge in [-0.3, -0.25) is 9.48 Å². The zero-order chi connectivity index (χ0) is 14.8. The Morgan fingerprint density at radius 3 is 2.86 bits per heavy atom. The van der Waals surface area contributed by atoms with Crippen molar-refractivity contribution in [2.45, 2.75) is 13.1 Å². The molecule has 0 bridgehead atoms. The third-order valence-corrected chi connectivity index (χ3v) is 3.31. The molecule has 0 saturated carbocycles. The summed E-state index contributed by atoms with van der Waals surface area (Å²) in [6, 6.07) is 5.41. The fraction of sp³-hybridized carbons (Fsp3) is 0.214. The van der Waals surface area contributed by atoms with Gasteiger partial charge >= 0.3 is 0 Å². The summed E-state index contributed by atoms with van der Waals surface area (Å²) in [5.41, 5.74) is 6.31. The molecule has 0 unspecified atom stereocenters. The Morgan fingerprint density at radius 1 is 1.29 bits per heavy atom. The zero-order valence-electron chi connectivity index (χ0n) is 11.6. The lowest BCUT2D eigenvalue weighted by Gasteiger charge is -2.06. The van der Waals surface area contributed by atoms with Crippen LogP contribution in [0.5, 0.6) is 5.75 Å². The van der Waals surface area contributed by atoms with Crippen molar-refractivity contribution in [2.24, 2.45) is 5.73 Å². The van der Waals surface area contributed by atoms with Gasteiger partial charge in [0.1, 0.15) is 17.1 Å². The molecule has 7 heteroatoms. The number of nitrogens with zero attached hydrogens (tertiary/aromatic N) is 4. The van der Waals surface area contributed by atoms with E-state index in [9.17, 15) is 4.79 Å². The Hall–Kier alpha value is -2.83. The molecule has 3 rings (SSSR count). The van der Waals surface area contributed by atoms with Crippen LogP contribution in [0.25, 0.3) is 11.0 Å². The number of hydrogen-bond acceptors (Lipinski definition) is 4. The van der Waals surface area contributed by atoms with Crippen LogP contribution in [0.1, 0.15) is 10.5 Å². The minimum atomic E-state index is -0.522. The van der Waals surface area contributed by atoms with Gasteiger partial charge in [0, 0.05) is 25.1 Å². The standard InChI is InChI=1S/C14H15N5O2/c1-21-12-2-5-16-14-10(12)3-6-18(14)8-9-19-7-4-11(17-19)13(15)20/h2-7H,8-9H2,1H3,(H2,15,20). The second kappa shape index (κ2) is 5.28. The van der Waals surface area contributed by atoms with Crippen LogP contribution < -0.4 is 10.5 Å². The summed E-state index contributed by atoms with van der Waals surface area (Å²) < 4.78 is 9.01. The van der Waals surface area contributed by atoms with Crippen molar-refractivity contribution in [3.8, 4) is 5.75 Å². The number of carbonyl (C=O) groups is 1. The van der Waals surface area contributed by atoms with Gasteiger partial charge in [0.25, 0.3) is 5.91 Å². The van der Waals surface area contributed by atoms with Crippen molar-refractivity contribution in [3.63, 3.8) is 0 Å². The van der Waals surface area contributed by atoms with E-state index in [2.05, 4.69) is 10.1 Å².